The number of aromatic nitrogens is 2. The summed E-state index contributed by atoms with van der Waals surface area (Å²) in [5.74, 6) is -0.00498. The van der Waals surface area contributed by atoms with Crippen molar-refractivity contribution in [2.24, 2.45) is 5.41 Å². The lowest BCUT2D eigenvalue weighted by Crippen LogP contribution is -2.28. The van der Waals surface area contributed by atoms with Gasteiger partial charge in [0.05, 0.1) is 11.7 Å². The van der Waals surface area contributed by atoms with Gasteiger partial charge < -0.3 is 5.32 Å². The number of fused-ring (bicyclic) bond motifs is 1. The summed E-state index contributed by atoms with van der Waals surface area (Å²) in [6, 6.07) is 5.59. The van der Waals surface area contributed by atoms with Crippen molar-refractivity contribution in [1.82, 2.24) is 15.5 Å². The maximum Gasteiger partial charge on any atom is 0.251 e. The van der Waals surface area contributed by atoms with E-state index < -0.39 is 0 Å². The number of hydrogen-bond donors (Lipinski definition) is 2. The van der Waals surface area contributed by atoms with Crippen LogP contribution in [0.1, 0.15) is 30.1 Å². The van der Waals surface area contributed by atoms with Crippen molar-refractivity contribution in [3.63, 3.8) is 0 Å². The Balaban J connectivity index is 1.75. The molecule has 4 nitrogen and oxygen atoms in total. The summed E-state index contributed by atoms with van der Waals surface area (Å²) in [5.41, 5.74) is 1.93. The molecule has 4 heteroatoms. The molecule has 1 aliphatic rings. The van der Waals surface area contributed by atoms with Gasteiger partial charge in [-0.15, -0.1) is 0 Å². The van der Waals surface area contributed by atoms with Crippen LogP contribution in [0.2, 0.25) is 0 Å². The molecule has 0 spiro atoms. The molecule has 2 aromatic rings. The van der Waals surface area contributed by atoms with Crippen LogP contribution < -0.4 is 5.32 Å². The topological polar surface area (TPSA) is 57.8 Å². The molecule has 1 aromatic heterocycles. The summed E-state index contributed by atoms with van der Waals surface area (Å²) in [7, 11) is 0. The molecule has 1 saturated carbocycles. The molecule has 0 saturated heterocycles. The van der Waals surface area contributed by atoms with E-state index in [4.69, 9.17) is 0 Å². The minimum atomic E-state index is -0.00498. The van der Waals surface area contributed by atoms with Crippen LogP contribution in [0.5, 0.6) is 0 Å². The van der Waals surface area contributed by atoms with Gasteiger partial charge in [-0.1, -0.05) is 13.0 Å². The summed E-state index contributed by atoms with van der Waals surface area (Å²) in [6.07, 6.45) is 4.18. The Morgan fingerprint density at radius 2 is 2.35 bits per heavy atom. The van der Waals surface area contributed by atoms with E-state index >= 15 is 0 Å². The minimum Gasteiger partial charge on any atom is -0.351 e. The largest absolute Gasteiger partial charge is 0.351 e. The third-order valence-corrected chi connectivity index (χ3v) is 3.48. The fourth-order valence-corrected chi connectivity index (χ4v) is 1.86. The highest BCUT2D eigenvalue weighted by Gasteiger charge is 2.37. The Labute approximate surface area is 99.4 Å². The van der Waals surface area contributed by atoms with E-state index in [1.54, 1.807) is 6.20 Å². The highest BCUT2D eigenvalue weighted by Crippen LogP contribution is 2.44. The first-order chi connectivity index (χ1) is 8.16. The van der Waals surface area contributed by atoms with Crippen LogP contribution in [-0.2, 0) is 0 Å². The van der Waals surface area contributed by atoms with Gasteiger partial charge in [-0.05, 0) is 30.4 Å². The Kier molecular flexibility index (Phi) is 2.18. The van der Waals surface area contributed by atoms with Crippen LogP contribution in [0.15, 0.2) is 24.4 Å². The molecule has 3 rings (SSSR count). The Hall–Kier alpha value is -1.84. The number of H-pyrrole nitrogens is 1. The summed E-state index contributed by atoms with van der Waals surface area (Å²) in [6.45, 7) is 2.97. The average Bonchev–Trinajstić information content (AvgIpc) is 2.90. The van der Waals surface area contributed by atoms with Crippen molar-refractivity contribution in [3.8, 4) is 0 Å². The van der Waals surface area contributed by atoms with Crippen molar-refractivity contribution in [2.75, 3.05) is 6.54 Å². The molecule has 0 unspecified atom stereocenters. The maximum atomic E-state index is 11.9. The van der Waals surface area contributed by atoms with Gasteiger partial charge in [0, 0.05) is 17.5 Å². The molecule has 1 aromatic carbocycles. The van der Waals surface area contributed by atoms with E-state index in [1.807, 2.05) is 18.2 Å². The van der Waals surface area contributed by atoms with Crippen LogP contribution >= 0.6 is 0 Å². The van der Waals surface area contributed by atoms with E-state index in [9.17, 15) is 4.79 Å². The van der Waals surface area contributed by atoms with Crippen LogP contribution in [0.3, 0.4) is 0 Å². The molecule has 0 aliphatic heterocycles. The van der Waals surface area contributed by atoms with E-state index in [-0.39, 0.29) is 5.91 Å². The van der Waals surface area contributed by atoms with Gasteiger partial charge >= 0.3 is 0 Å². The third kappa shape index (κ3) is 2.02. The lowest BCUT2D eigenvalue weighted by atomic mass is 10.1. The van der Waals surface area contributed by atoms with Gasteiger partial charge in [0.15, 0.2) is 0 Å². The first kappa shape index (κ1) is 10.3. The zero-order chi connectivity index (χ0) is 11.9. The number of aromatic amines is 1. The van der Waals surface area contributed by atoms with Gasteiger partial charge in [0.1, 0.15) is 0 Å². The van der Waals surface area contributed by atoms with Gasteiger partial charge in [0.2, 0.25) is 0 Å². The smallest absolute Gasteiger partial charge is 0.251 e. The van der Waals surface area contributed by atoms with Crippen molar-refractivity contribution in [2.45, 2.75) is 19.8 Å². The lowest BCUT2D eigenvalue weighted by Gasteiger charge is -2.09. The number of rotatable bonds is 3. The van der Waals surface area contributed by atoms with E-state index in [1.165, 1.54) is 12.8 Å². The van der Waals surface area contributed by atoms with Crippen molar-refractivity contribution in [3.05, 3.63) is 30.0 Å². The molecular weight excluding hydrogens is 214 g/mol. The van der Waals surface area contributed by atoms with Crippen molar-refractivity contribution >= 4 is 16.8 Å². The van der Waals surface area contributed by atoms with E-state index in [0.717, 1.165) is 17.4 Å². The number of nitrogens with zero attached hydrogens (tertiary/aromatic N) is 1. The second-order valence-electron chi connectivity index (χ2n) is 5.17. The first-order valence-corrected chi connectivity index (χ1v) is 5.88. The number of carbonyl (C=O) groups excluding carboxylic acids is 1. The molecule has 17 heavy (non-hydrogen) atoms. The summed E-state index contributed by atoms with van der Waals surface area (Å²) in [5, 5.41) is 10.8. The second kappa shape index (κ2) is 3.58. The zero-order valence-electron chi connectivity index (χ0n) is 9.79. The van der Waals surface area contributed by atoms with Crippen LogP contribution in [0.25, 0.3) is 10.9 Å². The van der Waals surface area contributed by atoms with Crippen LogP contribution in [0, 0.1) is 5.41 Å². The predicted molar refractivity (Wildman–Crippen MR) is 65.8 cm³/mol. The van der Waals surface area contributed by atoms with Gasteiger partial charge in [-0.3, -0.25) is 9.89 Å². The summed E-state index contributed by atoms with van der Waals surface area (Å²) < 4.78 is 0. The number of nitrogens with one attached hydrogen (secondary N) is 2. The fraction of sp³-hybridized carbons (Fsp3) is 0.385. The quantitative estimate of drug-likeness (QED) is 0.846. The van der Waals surface area contributed by atoms with Gasteiger partial charge in [0.25, 0.3) is 5.91 Å². The highest BCUT2D eigenvalue weighted by atomic mass is 16.1. The number of carbonyl (C=O) groups is 1. The molecule has 0 bridgehead atoms. The van der Waals surface area contributed by atoms with Crippen LogP contribution in [0.4, 0.5) is 0 Å². The van der Waals surface area contributed by atoms with E-state index in [2.05, 4.69) is 22.4 Å². The van der Waals surface area contributed by atoms with Crippen molar-refractivity contribution < 1.29 is 4.79 Å². The van der Waals surface area contributed by atoms with Gasteiger partial charge in [-0.2, -0.15) is 5.10 Å². The molecule has 0 radical (unpaired) electrons. The summed E-state index contributed by atoms with van der Waals surface area (Å²) in [4.78, 5) is 11.9. The number of hydrogen-bond acceptors (Lipinski definition) is 2. The first-order valence-electron chi connectivity index (χ1n) is 5.88. The predicted octanol–water partition coefficient (Wildman–Crippen LogP) is 2.09. The Morgan fingerprint density at radius 3 is 3.12 bits per heavy atom. The molecule has 1 heterocycles. The third-order valence-electron chi connectivity index (χ3n) is 3.48. The van der Waals surface area contributed by atoms with Gasteiger partial charge in [-0.25, -0.2) is 0 Å². The molecule has 88 valence electrons. The summed E-state index contributed by atoms with van der Waals surface area (Å²) >= 11 is 0. The molecule has 1 amide bonds. The minimum absolute atomic E-state index is 0.00498. The number of benzene rings is 1. The van der Waals surface area contributed by atoms with Crippen LogP contribution in [-0.4, -0.2) is 22.6 Å². The number of amides is 1. The normalized spacial score (nSPS) is 17.0. The molecule has 0 atom stereocenters. The zero-order valence-corrected chi connectivity index (χ0v) is 9.79. The van der Waals surface area contributed by atoms with E-state index in [0.29, 0.717) is 11.0 Å². The molecule has 1 fully saturated rings. The highest BCUT2D eigenvalue weighted by molar-refractivity contribution is 5.97. The maximum absolute atomic E-state index is 11.9. The average molecular weight is 229 g/mol. The standard InChI is InChI=1S/C13H15N3O/c1-13(4-5-13)8-14-12(17)9-2-3-10-7-15-16-11(10)6-9/h2-3,6-7H,4-5,8H2,1H3,(H,14,17)(H,15,16). The Bertz CT molecular complexity index is 569. The van der Waals surface area contributed by atoms with Crippen molar-refractivity contribution in [1.29, 1.82) is 0 Å². The lowest BCUT2D eigenvalue weighted by molar-refractivity contribution is 0.0946. The fourth-order valence-electron chi connectivity index (χ4n) is 1.86. The Morgan fingerprint density at radius 1 is 1.53 bits per heavy atom. The molecule has 1 aliphatic carbocycles. The SMILES string of the molecule is CC1(CNC(=O)c2ccc3cn[nH]c3c2)CC1. The monoisotopic (exact) mass is 229 g/mol. The molecule has 2 N–H and O–H groups in total. The molecular formula is C13H15N3O. The second-order valence-corrected chi connectivity index (χ2v) is 5.17.